The molecule has 0 radical (unpaired) electrons. The Kier molecular flexibility index (Phi) is 66.2. The van der Waals surface area contributed by atoms with Crippen LogP contribution in [0.3, 0.4) is 0 Å². The molecule has 1 atom stereocenters. The molecule has 0 aliphatic heterocycles. The van der Waals surface area contributed by atoms with Gasteiger partial charge < -0.3 is 14.6 Å². The lowest BCUT2D eigenvalue weighted by Gasteiger charge is -2.15. The molecule has 0 aromatic heterocycles. The van der Waals surface area contributed by atoms with Gasteiger partial charge in [-0.25, -0.2) is 0 Å². The van der Waals surface area contributed by atoms with Gasteiger partial charge in [0.05, 0.1) is 6.61 Å². The molecule has 0 bridgehead atoms. The highest BCUT2D eigenvalue weighted by Gasteiger charge is 2.16. The Bertz CT molecular complexity index is 1270. The number of ether oxygens (including phenoxy) is 2. The number of carbonyl (C=O) groups is 2. The molecule has 0 spiro atoms. The summed E-state index contributed by atoms with van der Waals surface area (Å²) in [5.41, 5.74) is 0. The first-order valence-electron chi connectivity index (χ1n) is 34.7. The molecular weight excluding hydrogens is 945 g/mol. The molecule has 0 amide bonds. The minimum atomic E-state index is -0.772. The van der Waals surface area contributed by atoms with Crippen molar-refractivity contribution in [1.82, 2.24) is 0 Å². The van der Waals surface area contributed by atoms with E-state index in [4.69, 9.17) is 9.47 Å². The minimum absolute atomic E-state index is 0.0615. The van der Waals surface area contributed by atoms with Gasteiger partial charge in [0.15, 0.2) is 6.10 Å². The average molecular weight is 1080 g/mol. The summed E-state index contributed by atoms with van der Waals surface area (Å²) in [7, 11) is 0. The van der Waals surface area contributed by atoms with Crippen LogP contribution in [0.4, 0.5) is 0 Å². The molecule has 77 heavy (non-hydrogen) atoms. The second-order valence-corrected chi connectivity index (χ2v) is 23.6. The molecule has 0 heterocycles. The van der Waals surface area contributed by atoms with E-state index in [1.807, 2.05) is 0 Å². The van der Waals surface area contributed by atoms with E-state index in [1.165, 1.54) is 295 Å². The van der Waals surface area contributed by atoms with Crippen molar-refractivity contribution in [3.63, 3.8) is 0 Å². The summed E-state index contributed by atoms with van der Waals surface area (Å²) in [4.78, 5) is 24.6. The Morgan fingerprint density at radius 2 is 0.558 bits per heavy atom. The van der Waals surface area contributed by atoms with Crippen LogP contribution in [0.1, 0.15) is 380 Å². The SMILES string of the molecule is CC/C=C\C/C=C\C/C=C\C/C=C\CCCCCCCCCCCCCCCCC(=O)OC(CO)COC(=O)CCCCCCCCCCCCCCCCCCCCCCCCCCCCCCCCCCCCCC. The quantitative estimate of drug-likeness (QED) is 0.0373. The van der Waals surface area contributed by atoms with Crippen LogP contribution in [0.5, 0.6) is 0 Å². The summed E-state index contributed by atoms with van der Waals surface area (Å²) in [6, 6.07) is 0. The first kappa shape index (κ1) is 74.9. The number of allylic oxidation sites excluding steroid dienone is 8. The molecule has 0 saturated carbocycles. The zero-order chi connectivity index (χ0) is 55.5. The summed E-state index contributed by atoms with van der Waals surface area (Å²) in [6.45, 7) is 4.09. The predicted molar refractivity (Wildman–Crippen MR) is 339 cm³/mol. The van der Waals surface area contributed by atoms with Gasteiger partial charge in [-0.3, -0.25) is 9.59 Å². The Morgan fingerprint density at radius 3 is 0.844 bits per heavy atom. The molecular formula is C72H134O5. The molecule has 0 aliphatic rings. The largest absolute Gasteiger partial charge is 0.462 e. The van der Waals surface area contributed by atoms with Crippen LogP contribution in [-0.4, -0.2) is 36.4 Å². The van der Waals surface area contributed by atoms with Gasteiger partial charge in [-0.15, -0.1) is 0 Å². The van der Waals surface area contributed by atoms with Crippen molar-refractivity contribution in [3.05, 3.63) is 48.6 Å². The Hall–Kier alpha value is -2.14. The number of unbranched alkanes of at least 4 members (excludes halogenated alkanes) is 49. The van der Waals surface area contributed by atoms with E-state index in [2.05, 4.69) is 62.5 Å². The second-order valence-electron chi connectivity index (χ2n) is 23.6. The van der Waals surface area contributed by atoms with Crippen molar-refractivity contribution in [1.29, 1.82) is 0 Å². The van der Waals surface area contributed by atoms with Gasteiger partial charge in [-0.05, 0) is 51.4 Å². The van der Waals surface area contributed by atoms with Crippen molar-refractivity contribution in [3.8, 4) is 0 Å². The second kappa shape index (κ2) is 68.1. The summed E-state index contributed by atoms with van der Waals surface area (Å²) < 4.78 is 10.8. The first-order chi connectivity index (χ1) is 38.1. The number of hydrogen-bond acceptors (Lipinski definition) is 5. The van der Waals surface area contributed by atoms with Gasteiger partial charge in [0.1, 0.15) is 6.61 Å². The third kappa shape index (κ3) is 66.3. The highest BCUT2D eigenvalue weighted by atomic mass is 16.6. The molecule has 1 N–H and O–H groups in total. The maximum absolute atomic E-state index is 12.4. The topological polar surface area (TPSA) is 72.8 Å². The van der Waals surface area contributed by atoms with Gasteiger partial charge in [-0.2, -0.15) is 0 Å². The van der Waals surface area contributed by atoms with Crippen molar-refractivity contribution < 1.29 is 24.2 Å². The van der Waals surface area contributed by atoms with Crippen LogP contribution < -0.4 is 0 Å². The zero-order valence-electron chi connectivity index (χ0n) is 52.0. The fourth-order valence-electron chi connectivity index (χ4n) is 10.7. The molecule has 0 rings (SSSR count). The summed E-state index contributed by atoms with van der Waals surface area (Å²) in [6.07, 6.45) is 91.6. The molecule has 0 fully saturated rings. The number of esters is 2. The fraction of sp³-hybridized carbons (Fsp3) is 0.861. The first-order valence-corrected chi connectivity index (χ1v) is 34.7. The third-order valence-electron chi connectivity index (χ3n) is 15.9. The minimum Gasteiger partial charge on any atom is -0.462 e. The van der Waals surface area contributed by atoms with Crippen LogP contribution >= 0.6 is 0 Å². The normalized spacial score (nSPS) is 12.4. The van der Waals surface area contributed by atoms with Gasteiger partial charge >= 0.3 is 11.9 Å². The maximum atomic E-state index is 12.4. The molecule has 0 aliphatic carbocycles. The molecule has 5 heteroatoms. The van der Waals surface area contributed by atoms with E-state index >= 15 is 0 Å². The fourth-order valence-corrected chi connectivity index (χ4v) is 10.7. The molecule has 452 valence electrons. The third-order valence-corrected chi connectivity index (χ3v) is 15.9. The van der Waals surface area contributed by atoms with Crippen LogP contribution in [0.25, 0.3) is 0 Å². The van der Waals surface area contributed by atoms with E-state index in [-0.39, 0.29) is 25.2 Å². The predicted octanol–water partition coefficient (Wildman–Crippen LogP) is 23.9. The lowest BCUT2D eigenvalue weighted by molar-refractivity contribution is -0.161. The Balaban J connectivity index is 3.38. The Morgan fingerprint density at radius 1 is 0.312 bits per heavy atom. The number of carbonyl (C=O) groups excluding carboxylic acids is 2. The van der Waals surface area contributed by atoms with Crippen molar-refractivity contribution in [2.24, 2.45) is 0 Å². The van der Waals surface area contributed by atoms with E-state index in [0.29, 0.717) is 12.8 Å². The van der Waals surface area contributed by atoms with Gasteiger partial charge in [0.2, 0.25) is 0 Å². The lowest BCUT2D eigenvalue weighted by atomic mass is 10.0. The van der Waals surface area contributed by atoms with Crippen molar-refractivity contribution in [2.75, 3.05) is 13.2 Å². The van der Waals surface area contributed by atoms with Crippen LogP contribution in [-0.2, 0) is 19.1 Å². The summed E-state index contributed by atoms with van der Waals surface area (Å²) in [5.74, 6) is -0.571. The average Bonchev–Trinajstić information content (AvgIpc) is 3.43. The van der Waals surface area contributed by atoms with Crippen LogP contribution in [0.2, 0.25) is 0 Å². The van der Waals surface area contributed by atoms with E-state index < -0.39 is 6.10 Å². The highest BCUT2D eigenvalue weighted by Crippen LogP contribution is 2.19. The van der Waals surface area contributed by atoms with Crippen LogP contribution in [0.15, 0.2) is 48.6 Å². The number of rotatable bonds is 65. The standard InChI is InChI=1S/C72H134O5/c1-3-5-7-9-11-13-15-17-19-21-23-25-27-29-31-32-33-34-35-36-37-38-39-41-42-44-46-48-50-52-54-56-58-60-62-64-66-71(74)76-69-70(68-73)77-72(75)67-65-63-61-59-57-55-53-51-49-47-45-43-40-30-28-26-24-22-20-18-16-14-12-10-8-6-4-2/h6,8,12,14,18,20,24,26,70,73H,3-5,7,9-11,13,15-17,19,21-23,25,27-69H2,1-2H3/b8-6-,14-12-,20-18-,26-24-. The molecule has 0 aromatic carbocycles. The number of aliphatic hydroxyl groups excluding tert-OH is 1. The molecule has 5 nitrogen and oxygen atoms in total. The van der Waals surface area contributed by atoms with Crippen LogP contribution in [0, 0.1) is 0 Å². The zero-order valence-corrected chi connectivity index (χ0v) is 52.0. The van der Waals surface area contributed by atoms with Gasteiger partial charge in [0, 0.05) is 12.8 Å². The number of hydrogen-bond donors (Lipinski definition) is 1. The van der Waals surface area contributed by atoms with Crippen molar-refractivity contribution >= 4 is 11.9 Å². The summed E-state index contributed by atoms with van der Waals surface area (Å²) >= 11 is 0. The summed E-state index contributed by atoms with van der Waals surface area (Å²) in [5, 5.41) is 9.70. The van der Waals surface area contributed by atoms with E-state index in [9.17, 15) is 14.7 Å². The maximum Gasteiger partial charge on any atom is 0.306 e. The monoisotopic (exact) mass is 1080 g/mol. The molecule has 0 saturated heterocycles. The Labute approximate surface area is 481 Å². The molecule has 1 unspecified atom stereocenters. The number of aliphatic hydroxyl groups is 1. The molecule has 0 aromatic rings. The van der Waals surface area contributed by atoms with E-state index in [1.54, 1.807) is 0 Å². The smallest absolute Gasteiger partial charge is 0.306 e. The van der Waals surface area contributed by atoms with E-state index in [0.717, 1.165) is 57.8 Å². The van der Waals surface area contributed by atoms with Gasteiger partial charge in [-0.1, -0.05) is 364 Å². The van der Waals surface area contributed by atoms with Crippen molar-refractivity contribution in [2.45, 2.75) is 386 Å². The highest BCUT2D eigenvalue weighted by molar-refractivity contribution is 5.70. The van der Waals surface area contributed by atoms with Gasteiger partial charge in [0.25, 0.3) is 0 Å². The lowest BCUT2D eigenvalue weighted by Crippen LogP contribution is -2.28.